The standard InChI is InChI=1S/C17H27NS/c1-4-18-12-15-6-5-7-16(11-15)19-17-9-8-13(2)14(3)10-17/h5-7,11,13-14,17-18H,4,8-10,12H2,1-3H3. The number of thioether (sulfide) groups is 1. The van der Waals surface area contributed by atoms with Gasteiger partial charge in [0.2, 0.25) is 0 Å². The Morgan fingerprint density at radius 1 is 1.21 bits per heavy atom. The first-order chi connectivity index (χ1) is 9.19. The number of hydrogen-bond acceptors (Lipinski definition) is 2. The van der Waals surface area contributed by atoms with Gasteiger partial charge in [0.15, 0.2) is 0 Å². The molecule has 1 N–H and O–H groups in total. The molecule has 1 saturated carbocycles. The van der Waals surface area contributed by atoms with E-state index in [1.54, 1.807) is 0 Å². The molecule has 1 aromatic carbocycles. The molecule has 106 valence electrons. The van der Waals surface area contributed by atoms with Crippen LogP contribution < -0.4 is 5.32 Å². The van der Waals surface area contributed by atoms with Crippen molar-refractivity contribution in [3.8, 4) is 0 Å². The molecule has 0 radical (unpaired) electrons. The monoisotopic (exact) mass is 277 g/mol. The molecule has 0 saturated heterocycles. The van der Waals surface area contributed by atoms with Gasteiger partial charge in [0, 0.05) is 16.7 Å². The molecule has 0 aromatic heterocycles. The van der Waals surface area contributed by atoms with Crippen molar-refractivity contribution in [2.24, 2.45) is 11.8 Å². The van der Waals surface area contributed by atoms with Gasteiger partial charge in [-0.3, -0.25) is 0 Å². The highest BCUT2D eigenvalue weighted by Gasteiger charge is 2.25. The van der Waals surface area contributed by atoms with Gasteiger partial charge in [0.1, 0.15) is 0 Å². The Morgan fingerprint density at radius 3 is 2.79 bits per heavy atom. The maximum atomic E-state index is 3.40. The van der Waals surface area contributed by atoms with Crippen molar-refractivity contribution in [2.45, 2.75) is 56.7 Å². The quantitative estimate of drug-likeness (QED) is 0.836. The van der Waals surface area contributed by atoms with E-state index >= 15 is 0 Å². The van der Waals surface area contributed by atoms with E-state index < -0.39 is 0 Å². The summed E-state index contributed by atoms with van der Waals surface area (Å²) in [6.45, 7) is 9.00. The van der Waals surface area contributed by atoms with Crippen LogP contribution in [0.15, 0.2) is 29.2 Å². The van der Waals surface area contributed by atoms with Crippen LogP contribution in [0.4, 0.5) is 0 Å². The first kappa shape index (κ1) is 14.9. The van der Waals surface area contributed by atoms with Gasteiger partial charge in [-0.2, -0.15) is 0 Å². The maximum absolute atomic E-state index is 3.40. The lowest BCUT2D eigenvalue weighted by atomic mass is 9.81. The van der Waals surface area contributed by atoms with Gasteiger partial charge in [0.25, 0.3) is 0 Å². The third-order valence-electron chi connectivity index (χ3n) is 4.33. The SMILES string of the molecule is CCNCc1cccc(SC2CCC(C)C(C)C2)c1. The highest BCUT2D eigenvalue weighted by atomic mass is 32.2. The fourth-order valence-corrected chi connectivity index (χ4v) is 4.21. The normalized spacial score (nSPS) is 27.4. The van der Waals surface area contributed by atoms with Gasteiger partial charge in [0.05, 0.1) is 0 Å². The van der Waals surface area contributed by atoms with Crippen LogP contribution in [0.5, 0.6) is 0 Å². The van der Waals surface area contributed by atoms with Crippen molar-refractivity contribution >= 4 is 11.8 Å². The molecular weight excluding hydrogens is 250 g/mol. The molecule has 0 heterocycles. The van der Waals surface area contributed by atoms with Gasteiger partial charge in [-0.05, 0) is 55.3 Å². The molecule has 1 nitrogen and oxygen atoms in total. The van der Waals surface area contributed by atoms with Crippen LogP contribution in [0.1, 0.15) is 45.6 Å². The molecule has 0 aliphatic heterocycles. The molecule has 0 amide bonds. The molecule has 3 atom stereocenters. The van der Waals surface area contributed by atoms with Crippen LogP contribution in [-0.4, -0.2) is 11.8 Å². The summed E-state index contributed by atoms with van der Waals surface area (Å²) >= 11 is 2.09. The fourth-order valence-electron chi connectivity index (χ4n) is 2.80. The van der Waals surface area contributed by atoms with E-state index in [-0.39, 0.29) is 0 Å². The molecule has 0 bridgehead atoms. The van der Waals surface area contributed by atoms with Crippen molar-refractivity contribution in [1.82, 2.24) is 5.32 Å². The molecule has 3 unspecified atom stereocenters. The Labute approximate surface area is 122 Å². The Balaban J connectivity index is 1.91. The molecular formula is C17H27NS. The average molecular weight is 277 g/mol. The van der Waals surface area contributed by atoms with Gasteiger partial charge < -0.3 is 5.32 Å². The van der Waals surface area contributed by atoms with Gasteiger partial charge in [-0.25, -0.2) is 0 Å². The van der Waals surface area contributed by atoms with Crippen LogP contribution in [0, 0.1) is 11.8 Å². The zero-order valence-corrected chi connectivity index (χ0v) is 13.3. The number of rotatable bonds is 5. The minimum absolute atomic E-state index is 0.820. The lowest BCUT2D eigenvalue weighted by molar-refractivity contribution is 0.283. The topological polar surface area (TPSA) is 12.0 Å². The minimum Gasteiger partial charge on any atom is -0.313 e. The summed E-state index contributed by atoms with van der Waals surface area (Å²) in [5, 5.41) is 4.22. The summed E-state index contributed by atoms with van der Waals surface area (Å²) in [7, 11) is 0. The van der Waals surface area contributed by atoms with Crippen LogP contribution in [0.3, 0.4) is 0 Å². The van der Waals surface area contributed by atoms with Crippen LogP contribution >= 0.6 is 11.8 Å². The minimum atomic E-state index is 0.820. The summed E-state index contributed by atoms with van der Waals surface area (Å²) in [5.74, 6) is 1.80. The fraction of sp³-hybridized carbons (Fsp3) is 0.647. The van der Waals surface area contributed by atoms with E-state index in [4.69, 9.17) is 0 Å². The Kier molecular flexibility index (Phi) is 5.77. The Bertz CT molecular complexity index is 391. The number of benzene rings is 1. The lowest BCUT2D eigenvalue weighted by Gasteiger charge is -2.31. The van der Waals surface area contributed by atoms with Crippen molar-refractivity contribution in [3.05, 3.63) is 29.8 Å². The second-order valence-electron chi connectivity index (χ2n) is 5.94. The zero-order chi connectivity index (χ0) is 13.7. The van der Waals surface area contributed by atoms with Crippen molar-refractivity contribution < 1.29 is 0 Å². The van der Waals surface area contributed by atoms with Crippen LogP contribution in [0.25, 0.3) is 0 Å². The van der Waals surface area contributed by atoms with E-state index in [0.717, 1.165) is 30.2 Å². The summed E-state index contributed by atoms with van der Waals surface area (Å²) in [6.07, 6.45) is 4.16. The maximum Gasteiger partial charge on any atom is 0.0205 e. The zero-order valence-electron chi connectivity index (χ0n) is 12.5. The third kappa shape index (κ3) is 4.54. The van der Waals surface area contributed by atoms with E-state index in [1.807, 2.05) is 0 Å². The summed E-state index contributed by atoms with van der Waals surface area (Å²) < 4.78 is 0. The number of nitrogens with one attached hydrogen (secondary N) is 1. The van der Waals surface area contributed by atoms with Crippen LogP contribution in [0.2, 0.25) is 0 Å². The highest BCUT2D eigenvalue weighted by molar-refractivity contribution is 8.00. The third-order valence-corrected chi connectivity index (χ3v) is 5.62. The van der Waals surface area contributed by atoms with Crippen molar-refractivity contribution in [1.29, 1.82) is 0 Å². The van der Waals surface area contributed by atoms with Crippen molar-refractivity contribution in [3.63, 3.8) is 0 Å². The van der Waals surface area contributed by atoms with E-state index in [0.29, 0.717) is 0 Å². The predicted molar refractivity (Wildman–Crippen MR) is 85.6 cm³/mol. The number of hydrogen-bond donors (Lipinski definition) is 1. The molecule has 1 fully saturated rings. The van der Waals surface area contributed by atoms with E-state index in [1.165, 1.54) is 29.7 Å². The lowest BCUT2D eigenvalue weighted by Crippen LogP contribution is -2.22. The molecule has 2 heteroatoms. The van der Waals surface area contributed by atoms with E-state index in [2.05, 4.69) is 62.1 Å². The molecule has 1 aromatic rings. The first-order valence-corrected chi connectivity index (χ1v) is 8.53. The largest absolute Gasteiger partial charge is 0.313 e. The van der Waals surface area contributed by atoms with Gasteiger partial charge in [-0.1, -0.05) is 32.9 Å². The molecule has 1 aliphatic carbocycles. The van der Waals surface area contributed by atoms with Crippen LogP contribution in [-0.2, 0) is 6.54 Å². The Hall–Kier alpha value is -0.470. The summed E-state index contributed by atoms with van der Waals surface area (Å²) in [6, 6.07) is 9.04. The summed E-state index contributed by atoms with van der Waals surface area (Å²) in [4.78, 5) is 1.45. The van der Waals surface area contributed by atoms with Gasteiger partial charge in [-0.15, -0.1) is 11.8 Å². The van der Waals surface area contributed by atoms with E-state index in [9.17, 15) is 0 Å². The second kappa shape index (κ2) is 7.35. The highest BCUT2D eigenvalue weighted by Crippen LogP contribution is 2.38. The Morgan fingerprint density at radius 2 is 2.05 bits per heavy atom. The molecule has 0 spiro atoms. The average Bonchev–Trinajstić information content (AvgIpc) is 2.41. The first-order valence-electron chi connectivity index (χ1n) is 7.65. The molecule has 1 aliphatic rings. The van der Waals surface area contributed by atoms with Crippen molar-refractivity contribution in [2.75, 3.05) is 6.54 Å². The predicted octanol–water partition coefficient (Wildman–Crippen LogP) is 4.71. The molecule has 19 heavy (non-hydrogen) atoms. The molecule has 2 rings (SSSR count). The second-order valence-corrected chi connectivity index (χ2v) is 7.31. The summed E-state index contributed by atoms with van der Waals surface area (Å²) in [5.41, 5.74) is 1.41. The smallest absolute Gasteiger partial charge is 0.0205 e. The van der Waals surface area contributed by atoms with Gasteiger partial charge >= 0.3 is 0 Å².